The number of furan rings is 1. The molecular formula is C15H16ClNO2. The summed E-state index contributed by atoms with van der Waals surface area (Å²) in [6, 6.07) is 11.4. The maximum Gasteiger partial charge on any atom is 0.220 e. The molecule has 0 saturated carbocycles. The van der Waals surface area contributed by atoms with Crippen LogP contribution < -0.4 is 5.32 Å². The highest BCUT2D eigenvalue weighted by atomic mass is 35.5. The van der Waals surface area contributed by atoms with Gasteiger partial charge in [0, 0.05) is 24.4 Å². The van der Waals surface area contributed by atoms with Crippen molar-refractivity contribution in [2.75, 3.05) is 6.54 Å². The van der Waals surface area contributed by atoms with Crippen molar-refractivity contribution in [2.24, 2.45) is 0 Å². The second-order valence-electron chi connectivity index (χ2n) is 4.31. The molecule has 0 aliphatic carbocycles. The first-order chi connectivity index (χ1) is 9.24. The third-order valence-electron chi connectivity index (χ3n) is 2.80. The van der Waals surface area contributed by atoms with Gasteiger partial charge in [0.05, 0.1) is 6.26 Å². The lowest BCUT2D eigenvalue weighted by Gasteiger charge is -2.05. The molecule has 1 heterocycles. The Balaban J connectivity index is 1.66. The van der Waals surface area contributed by atoms with E-state index >= 15 is 0 Å². The van der Waals surface area contributed by atoms with Crippen LogP contribution in [-0.2, 0) is 17.6 Å². The van der Waals surface area contributed by atoms with Gasteiger partial charge in [-0.05, 0) is 36.2 Å². The van der Waals surface area contributed by atoms with Gasteiger partial charge in [-0.2, -0.15) is 0 Å². The van der Waals surface area contributed by atoms with Crippen LogP contribution in [0.2, 0.25) is 5.02 Å². The molecule has 4 heteroatoms. The number of hydrogen-bond donors (Lipinski definition) is 1. The Kier molecular flexibility index (Phi) is 5.04. The monoisotopic (exact) mass is 277 g/mol. The number of rotatable bonds is 6. The molecule has 2 aromatic rings. The molecule has 0 spiro atoms. The lowest BCUT2D eigenvalue weighted by atomic mass is 10.1. The molecule has 0 radical (unpaired) electrons. The Morgan fingerprint density at radius 1 is 1.21 bits per heavy atom. The summed E-state index contributed by atoms with van der Waals surface area (Å²) in [5.74, 6) is 0.878. The number of carbonyl (C=O) groups is 1. The van der Waals surface area contributed by atoms with Crippen molar-refractivity contribution < 1.29 is 9.21 Å². The van der Waals surface area contributed by atoms with Gasteiger partial charge in [0.15, 0.2) is 0 Å². The lowest BCUT2D eigenvalue weighted by molar-refractivity contribution is -0.121. The number of hydrogen-bond acceptors (Lipinski definition) is 2. The molecule has 0 fully saturated rings. The lowest BCUT2D eigenvalue weighted by Crippen LogP contribution is -2.25. The highest BCUT2D eigenvalue weighted by Gasteiger charge is 2.03. The molecule has 1 amide bonds. The van der Waals surface area contributed by atoms with E-state index in [1.54, 1.807) is 6.26 Å². The number of halogens is 1. The smallest absolute Gasteiger partial charge is 0.220 e. The molecule has 1 aromatic carbocycles. The summed E-state index contributed by atoms with van der Waals surface area (Å²) >= 11 is 5.90. The van der Waals surface area contributed by atoms with Gasteiger partial charge in [-0.1, -0.05) is 23.7 Å². The minimum atomic E-state index is 0.0402. The molecule has 0 bridgehead atoms. The SMILES string of the molecule is O=C(CCc1ccco1)NCCc1cccc(Cl)c1. The molecule has 3 nitrogen and oxygen atoms in total. The first kappa shape index (κ1) is 13.7. The fourth-order valence-corrected chi connectivity index (χ4v) is 2.03. The Bertz CT molecular complexity index is 523. The molecule has 1 aromatic heterocycles. The van der Waals surface area contributed by atoms with Crippen LogP contribution in [0.5, 0.6) is 0 Å². The highest BCUT2D eigenvalue weighted by molar-refractivity contribution is 6.30. The molecule has 0 saturated heterocycles. The normalized spacial score (nSPS) is 10.4. The standard InChI is InChI=1S/C15H16ClNO2/c16-13-4-1-3-12(11-13)8-9-17-15(18)7-6-14-5-2-10-19-14/h1-5,10-11H,6-9H2,(H,17,18). The molecule has 2 rings (SSSR count). The van der Waals surface area contributed by atoms with Crippen LogP contribution in [0.3, 0.4) is 0 Å². The summed E-state index contributed by atoms with van der Waals surface area (Å²) in [6.07, 6.45) is 3.48. The van der Waals surface area contributed by atoms with Crippen molar-refractivity contribution in [3.8, 4) is 0 Å². The summed E-state index contributed by atoms with van der Waals surface area (Å²) in [5, 5.41) is 3.61. The van der Waals surface area contributed by atoms with Crippen molar-refractivity contribution in [3.05, 3.63) is 59.0 Å². The zero-order valence-electron chi connectivity index (χ0n) is 10.6. The number of carbonyl (C=O) groups excluding carboxylic acids is 1. The molecule has 0 atom stereocenters. The average molecular weight is 278 g/mol. The van der Waals surface area contributed by atoms with E-state index in [4.69, 9.17) is 16.0 Å². The van der Waals surface area contributed by atoms with E-state index in [0.29, 0.717) is 19.4 Å². The predicted octanol–water partition coefficient (Wildman–Crippen LogP) is 3.22. The third-order valence-corrected chi connectivity index (χ3v) is 3.04. The fraction of sp³-hybridized carbons (Fsp3) is 0.267. The Hall–Kier alpha value is -1.74. The number of benzene rings is 1. The van der Waals surface area contributed by atoms with Gasteiger partial charge < -0.3 is 9.73 Å². The zero-order valence-corrected chi connectivity index (χ0v) is 11.3. The van der Waals surface area contributed by atoms with Gasteiger partial charge in [-0.15, -0.1) is 0 Å². The summed E-state index contributed by atoms with van der Waals surface area (Å²) in [5.41, 5.74) is 1.12. The van der Waals surface area contributed by atoms with Gasteiger partial charge in [0.1, 0.15) is 5.76 Å². The van der Waals surface area contributed by atoms with Crippen molar-refractivity contribution in [3.63, 3.8) is 0 Å². The molecule has 1 N–H and O–H groups in total. The topological polar surface area (TPSA) is 42.2 Å². The highest BCUT2D eigenvalue weighted by Crippen LogP contribution is 2.10. The maximum atomic E-state index is 11.6. The molecule has 0 aliphatic rings. The Labute approximate surface area is 117 Å². The van der Waals surface area contributed by atoms with E-state index in [2.05, 4.69) is 5.32 Å². The minimum Gasteiger partial charge on any atom is -0.469 e. The summed E-state index contributed by atoms with van der Waals surface area (Å²) in [7, 11) is 0. The van der Waals surface area contributed by atoms with Crippen LogP contribution in [-0.4, -0.2) is 12.5 Å². The largest absolute Gasteiger partial charge is 0.469 e. The second-order valence-corrected chi connectivity index (χ2v) is 4.75. The van der Waals surface area contributed by atoms with Crippen LogP contribution in [0.1, 0.15) is 17.7 Å². The number of aryl methyl sites for hydroxylation is 1. The van der Waals surface area contributed by atoms with Crippen molar-refractivity contribution in [2.45, 2.75) is 19.3 Å². The molecule has 100 valence electrons. The number of nitrogens with one attached hydrogen (secondary N) is 1. The van der Waals surface area contributed by atoms with E-state index in [0.717, 1.165) is 22.8 Å². The Morgan fingerprint density at radius 2 is 2.11 bits per heavy atom. The fourth-order valence-electron chi connectivity index (χ4n) is 1.82. The summed E-state index contributed by atoms with van der Waals surface area (Å²) in [4.78, 5) is 11.6. The van der Waals surface area contributed by atoms with E-state index in [1.807, 2.05) is 36.4 Å². The third kappa shape index (κ3) is 4.79. The van der Waals surface area contributed by atoms with E-state index in [9.17, 15) is 4.79 Å². The van der Waals surface area contributed by atoms with E-state index in [-0.39, 0.29) is 5.91 Å². The van der Waals surface area contributed by atoms with Gasteiger partial charge in [0.2, 0.25) is 5.91 Å². The van der Waals surface area contributed by atoms with Crippen molar-refractivity contribution >= 4 is 17.5 Å². The first-order valence-electron chi connectivity index (χ1n) is 6.27. The van der Waals surface area contributed by atoms with Gasteiger partial charge >= 0.3 is 0 Å². The van der Waals surface area contributed by atoms with Gasteiger partial charge in [0.25, 0.3) is 0 Å². The molecule has 0 unspecified atom stereocenters. The zero-order chi connectivity index (χ0) is 13.5. The van der Waals surface area contributed by atoms with Crippen LogP contribution >= 0.6 is 11.6 Å². The van der Waals surface area contributed by atoms with Gasteiger partial charge in [-0.25, -0.2) is 0 Å². The van der Waals surface area contributed by atoms with Crippen molar-refractivity contribution in [1.29, 1.82) is 0 Å². The van der Waals surface area contributed by atoms with Crippen molar-refractivity contribution in [1.82, 2.24) is 5.32 Å². The summed E-state index contributed by atoms with van der Waals surface area (Å²) in [6.45, 7) is 0.622. The maximum absolute atomic E-state index is 11.6. The molecule has 19 heavy (non-hydrogen) atoms. The second kappa shape index (κ2) is 7.00. The quantitative estimate of drug-likeness (QED) is 0.881. The first-order valence-corrected chi connectivity index (χ1v) is 6.65. The van der Waals surface area contributed by atoms with Crippen LogP contribution in [0, 0.1) is 0 Å². The predicted molar refractivity (Wildman–Crippen MR) is 75.2 cm³/mol. The Morgan fingerprint density at radius 3 is 2.84 bits per heavy atom. The molecule has 0 aliphatic heterocycles. The van der Waals surface area contributed by atoms with Crippen LogP contribution in [0.15, 0.2) is 47.1 Å². The average Bonchev–Trinajstić information content (AvgIpc) is 2.89. The minimum absolute atomic E-state index is 0.0402. The summed E-state index contributed by atoms with van der Waals surface area (Å²) < 4.78 is 5.18. The molecular weight excluding hydrogens is 262 g/mol. The van der Waals surface area contributed by atoms with Gasteiger partial charge in [-0.3, -0.25) is 4.79 Å². The van der Waals surface area contributed by atoms with Crippen LogP contribution in [0.25, 0.3) is 0 Å². The number of amides is 1. The van der Waals surface area contributed by atoms with E-state index < -0.39 is 0 Å². The van der Waals surface area contributed by atoms with Crippen LogP contribution in [0.4, 0.5) is 0 Å². The van der Waals surface area contributed by atoms with E-state index in [1.165, 1.54) is 0 Å².